The van der Waals surface area contributed by atoms with E-state index >= 15 is 0 Å². The molecule has 1 aliphatic rings. The van der Waals surface area contributed by atoms with Crippen molar-refractivity contribution in [2.24, 2.45) is 5.16 Å². The van der Waals surface area contributed by atoms with Gasteiger partial charge in [-0.1, -0.05) is 47.1 Å². The standard InChI is InChI=1S/C22H18ClFN2O3/c23-17-9-7-15(8-10-17)20-12-18(29-25-20)14-26(22(27)21-6-3-11-28-21)13-16-4-1-2-5-19(16)24/h1-11,18H,12-14H2/t18-/m1/s1. The van der Waals surface area contributed by atoms with Gasteiger partial charge < -0.3 is 14.2 Å². The second kappa shape index (κ2) is 8.49. The molecule has 2 aromatic carbocycles. The number of carbonyl (C=O) groups is 1. The van der Waals surface area contributed by atoms with E-state index in [2.05, 4.69) is 5.16 Å². The molecule has 0 spiro atoms. The summed E-state index contributed by atoms with van der Waals surface area (Å²) < 4.78 is 19.4. The molecule has 0 radical (unpaired) electrons. The van der Waals surface area contributed by atoms with Gasteiger partial charge in [0.2, 0.25) is 0 Å². The zero-order valence-electron chi connectivity index (χ0n) is 15.4. The van der Waals surface area contributed by atoms with Crippen LogP contribution in [0.15, 0.2) is 76.5 Å². The summed E-state index contributed by atoms with van der Waals surface area (Å²) in [5.74, 6) is -0.504. The number of carbonyl (C=O) groups excluding carboxylic acids is 1. The van der Waals surface area contributed by atoms with Crippen molar-refractivity contribution in [3.63, 3.8) is 0 Å². The Labute approximate surface area is 172 Å². The van der Waals surface area contributed by atoms with Crippen LogP contribution in [-0.2, 0) is 11.4 Å². The van der Waals surface area contributed by atoms with Gasteiger partial charge in [-0.3, -0.25) is 4.79 Å². The predicted octanol–water partition coefficient (Wildman–Crippen LogP) is 4.91. The molecular weight excluding hydrogens is 395 g/mol. The van der Waals surface area contributed by atoms with Gasteiger partial charge >= 0.3 is 0 Å². The van der Waals surface area contributed by atoms with Crippen LogP contribution in [-0.4, -0.2) is 29.2 Å². The fraction of sp³-hybridized carbons (Fsp3) is 0.182. The molecule has 0 bridgehead atoms. The number of halogens is 2. The fourth-order valence-corrected chi connectivity index (χ4v) is 3.32. The Balaban J connectivity index is 1.49. The maximum Gasteiger partial charge on any atom is 0.289 e. The first kappa shape index (κ1) is 19.2. The second-order valence-corrected chi connectivity index (χ2v) is 7.17. The van der Waals surface area contributed by atoms with E-state index in [0.717, 1.165) is 11.3 Å². The Morgan fingerprint density at radius 3 is 2.66 bits per heavy atom. The van der Waals surface area contributed by atoms with Crippen molar-refractivity contribution in [3.05, 3.63) is 94.7 Å². The van der Waals surface area contributed by atoms with Crippen molar-refractivity contribution in [2.45, 2.75) is 19.1 Å². The molecule has 1 amide bonds. The molecule has 148 valence electrons. The first-order chi connectivity index (χ1) is 14.1. The molecule has 0 N–H and O–H groups in total. The van der Waals surface area contributed by atoms with Crippen LogP contribution in [0.5, 0.6) is 0 Å². The first-order valence-electron chi connectivity index (χ1n) is 9.15. The number of rotatable bonds is 6. The molecule has 2 heterocycles. The van der Waals surface area contributed by atoms with E-state index < -0.39 is 0 Å². The van der Waals surface area contributed by atoms with Crippen LogP contribution in [0.25, 0.3) is 0 Å². The van der Waals surface area contributed by atoms with Crippen molar-refractivity contribution in [3.8, 4) is 0 Å². The lowest BCUT2D eigenvalue weighted by Gasteiger charge is -2.24. The van der Waals surface area contributed by atoms with Gasteiger partial charge in [-0.25, -0.2) is 4.39 Å². The molecule has 1 aromatic heterocycles. The Hall–Kier alpha value is -3.12. The maximum atomic E-state index is 14.2. The van der Waals surface area contributed by atoms with Crippen molar-refractivity contribution < 1.29 is 18.4 Å². The van der Waals surface area contributed by atoms with E-state index in [1.54, 1.807) is 42.5 Å². The summed E-state index contributed by atoms with van der Waals surface area (Å²) in [6.45, 7) is 0.344. The van der Waals surface area contributed by atoms with Crippen molar-refractivity contribution in [2.75, 3.05) is 6.54 Å². The zero-order chi connectivity index (χ0) is 20.2. The SMILES string of the molecule is O=C(c1ccco1)N(Cc1ccccc1F)C[C@H]1CC(c2ccc(Cl)cc2)=NO1. The van der Waals surface area contributed by atoms with Gasteiger partial charge in [-0.05, 0) is 35.9 Å². The fourth-order valence-electron chi connectivity index (χ4n) is 3.19. The topological polar surface area (TPSA) is 55.0 Å². The Morgan fingerprint density at radius 2 is 1.93 bits per heavy atom. The third-order valence-electron chi connectivity index (χ3n) is 4.67. The van der Waals surface area contributed by atoms with Gasteiger partial charge in [0.15, 0.2) is 11.9 Å². The molecule has 0 saturated carbocycles. The van der Waals surface area contributed by atoms with Gasteiger partial charge in [0.1, 0.15) is 5.82 Å². The summed E-state index contributed by atoms with van der Waals surface area (Å²) in [5.41, 5.74) is 2.11. The second-order valence-electron chi connectivity index (χ2n) is 6.73. The molecule has 4 rings (SSSR count). The molecule has 0 fully saturated rings. The molecule has 7 heteroatoms. The molecule has 0 unspecified atom stereocenters. The number of amides is 1. The minimum Gasteiger partial charge on any atom is -0.459 e. The third-order valence-corrected chi connectivity index (χ3v) is 4.92. The normalized spacial score (nSPS) is 15.7. The predicted molar refractivity (Wildman–Crippen MR) is 107 cm³/mol. The number of hydrogen-bond acceptors (Lipinski definition) is 4. The first-order valence-corrected chi connectivity index (χ1v) is 9.53. The van der Waals surface area contributed by atoms with Gasteiger partial charge in [-0.2, -0.15) is 0 Å². The lowest BCUT2D eigenvalue weighted by molar-refractivity contribution is 0.0385. The molecule has 0 aliphatic carbocycles. The molecule has 5 nitrogen and oxygen atoms in total. The Bertz CT molecular complexity index is 1020. The van der Waals surface area contributed by atoms with E-state index in [0.29, 0.717) is 17.0 Å². The van der Waals surface area contributed by atoms with Gasteiger partial charge in [0, 0.05) is 23.6 Å². The van der Waals surface area contributed by atoms with E-state index in [1.165, 1.54) is 17.2 Å². The van der Waals surface area contributed by atoms with Crippen LogP contribution in [0.1, 0.15) is 28.1 Å². The molecule has 1 atom stereocenters. The maximum absolute atomic E-state index is 14.2. The summed E-state index contributed by atoms with van der Waals surface area (Å²) in [6.07, 6.45) is 1.62. The van der Waals surface area contributed by atoms with Crippen LogP contribution in [0.4, 0.5) is 4.39 Å². The molecule has 0 saturated heterocycles. The van der Waals surface area contributed by atoms with E-state index in [-0.39, 0.29) is 36.7 Å². The lowest BCUT2D eigenvalue weighted by atomic mass is 10.0. The molecular formula is C22H18ClFN2O3. The van der Waals surface area contributed by atoms with Crippen LogP contribution < -0.4 is 0 Å². The molecule has 1 aliphatic heterocycles. The Kier molecular flexibility index (Phi) is 5.62. The number of nitrogens with zero attached hydrogens (tertiary/aromatic N) is 2. The number of benzene rings is 2. The average molecular weight is 413 g/mol. The quantitative estimate of drug-likeness (QED) is 0.578. The summed E-state index contributed by atoms with van der Waals surface area (Å²) >= 11 is 5.93. The lowest BCUT2D eigenvalue weighted by Crippen LogP contribution is -2.37. The minimum atomic E-state index is -0.366. The summed E-state index contributed by atoms with van der Waals surface area (Å²) in [7, 11) is 0. The summed E-state index contributed by atoms with van der Waals surface area (Å²) in [4.78, 5) is 20.0. The third kappa shape index (κ3) is 4.49. The summed E-state index contributed by atoms with van der Waals surface area (Å²) in [6, 6.07) is 16.9. The minimum absolute atomic E-state index is 0.0995. The zero-order valence-corrected chi connectivity index (χ0v) is 16.2. The average Bonchev–Trinajstić information content (AvgIpc) is 3.41. The van der Waals surface area contributed by atoms with E-state index in [4.69, 9.17) is 20.9 Å². The molecule has 3 aromatic rings. The highest BCUT2D eigenvalue weighted by Gasteiger charge is 2.28. The number of furan rings is 1. The number of oxime groups is 1. The largest absolute Gasteiger partial charge is 0.459 e. The van der Waals surface area contributed by atoms with E-state index in [9.17, 15) is 9.18 Å². The highest BCUT2D eigenvalue weighted by Crippen LogP contribution is 2.21. The van der Waals surface area contributed by atoms with Gasteiger partial charge in [0.05, 0.1) is 18.5 Å². The monoisotopic (exact) mass is 412 g/mol. The van der Waals surface area contributed by atoms with Crippen LogP contribution >= 0.6 is 11.6 Å². The highest BCUT2D eigenvalue weighted by molar-refractivity contribution is 6.30. The van der Waals surface area contributed by atoms with Crippen molar-refractivity contribution in [1.29, 1.82) is 0 Å². The van der Waals surface area contributed by atoms with Crippen LogP contribution in [0.3, 0.4) is 0 Å². The Morgan fingerprint density at radius 1 is 1.14 bits per heavy atom. The molecule has 29 heavy (non-hydrogen) atoms. The number of hydrogen-bond donors (Lipinski definition) is 0. The highest BCUT2D eigenvalue weighted by atomic mass is 35.5. The van der Waals surface area contributed by atoms with Gasteiger partial charge in [0.25, 0.3) is 5.91 Å². The van der Waals surface area contributed by atoms with Gasteiger partial charge in [-0.15, -0.1) is 0 Å². The van der Waals surface area contributed by atoms with E-state index in [1.807, 2.05) is 12.1 Å². The van der Waals surface area contributed by atoms with Crippen LogP contribution in [0.2, 0.25) is 5.02 Å². The smallest absolute Gasteiger partial charge is 0.289 e. The van der Waals surface area contributed by atoms with Crippen molar-refractivity contribution in [1.82, 2.24) is 4.90 Å². The van der Waals surface area contributed by atoms with Crippen LogP contribution in [0, 0.1) is 5.82 Å². The summed E-state index contributed by atoms with van der Waals surface area (Å²) in [5, 5.41) is 4.80. The van der Waals surface area contributed by atoms with Crippen molar-refractivity contribution >= 4 is 23.2 Å².